The first-order valence-electron chi connectivity index (χ1n) is 8.04. The van der Waals surface area contributed by atoms with Crippen molar-refractivity contribution < 1.29 is 4.79 Å². The van der Waals surface area contributed by atoms with Crippen molar-refractivity contribution in [2.75, 3.05) is 19.6 Å². The van der Waals surface area contributed by atoms with E-state index in [9.17, 15) is 4.79 Å². The maximum atomic E-state index is 12.6. The van der Waals surface area contributed by atoms with Gasteiger partial charge in [0.1, 0.15) is 5.15 Å². The molecule has 22 heavy (non-hydrogen) atoms. The number of amides is 1. The van der Waals surface area contributed by atoms with Crippen LogP contribution in [-0.4, -0.2) is 51.4 Å². The van der Waals surface area contributed by atoms with Gasteiger partial charge in [0.25, 0.3) is 0 Å². The van der Waals surface area contributed by atoms with Crippen LogP contribution in [0.15, 0.2) is 12.4 Å². The predicted octanol–water partition coefficient (Wildman–Crippen LogP) is 2.35. The maximum absolute atomic E-state index is 12.6. The van der Waals surface area contributed by atoms with Crippen LogP contribution in [0.1, 0.15) is 38.8 Å². The quantitative estimate of drug-likeness (QED) is 0.798. The van der Waals surface area contributed by atoms with Gasteiger partial charge in [0, 0.05) is 25.7 Å². The number of piperidine rings is 1. The summed E-state index contributed by atoms with van der Waals surface area (Å²) < 4.78 is 0. The van der Waals surface area contributed by atoms with Gasteiger partial charge in [0.15, 0.2) is 0 Å². The van der Waals surface area contributed by atoms with Gasteiger partial charge in [-0.3, -0.25) is 14.7 Å². The molecule has 2 fully saturated rings. The van der Waals surface area contributed by atoms with Crippen LogP contribution in [-0.2, 0) is 11.3 Å². The van der Waals surface area contributed by atoms with Crippen LogP contribution in [0.25, 0.3) is 0 Å². The van der Waals surface area contributed by atoms with Gasteiger partial charge in [-0.1, -0.05) is 18.5 Å². The van der Waals surface area contributed by atoms with Crippen LogP contribution in [0.3, 0.4) is 0 Å². The third-order valence-corrected chi connectivity index (χ3v) is 5.22. The molecule has 2 atom stereocenters. The molecular formula is C16H23ClN4O. The van der Waals surface area contributed by atoms with E-state index in [1.807, 2.05) is 4.90 Å². The number of hydrogen-bond acceptors (Lipinski definition) is 4. The van der Waals surface area contributed by atoms with E-state index in [0.717, 1.165) is 51.1 Å². The molecule has 2 aliphatic heterocycles. The Labute approximate surface area is 136 Å². The zero-order valence-corrected chi connectivity index (χ0v) is 14.0. The highest BCUT2D eigenvalue weighted by Gasteiger charge is 2.54. The highest BCUT2D eigenvalue weighted by Crippen LogP contribution is 2.41. The Balaban J connectivity index is 1.63. The molecule has 0 N–H and O–H groups in total. The number of hydrogen-bond donors (Lipinski definition) is 0. The van der Waals surface area contributed by atoms with Crippen LogP contribution >= 0.6 is 11.6 Å². The summed E-state index contributed by atoms with van der Waals surface area (Å²) in [7, 11) is 0. The van der Waals surface area contributed by atoms with Crippen molar-refractivity contribution in [1.29, 1.82) is 0 Å². The molecule has 3 heterocycles. The summed E-state index contributed by atoms with van der Waals surface area (Å²) in [5.74, 6) is 0.341. The minimum absolute atomic E-state index is 0.151. The molecule has 0 saturated carbocycles. The first-order chi connectivity index (χ1) is 10.5. The molecule has 0 aliphatic carbocycles. The number of carbonyl (C=O) groups is 1. The summed E-state index contributed by atoms with van der Waals surface area (Å²) in [4.78, 5) is 25.4. The molecule has 5 nitrogen and oxygen atoms in total. The predicted molar refractivity (Wildman–Crippen MR) is 85.5 cm³/mol. The number of carbonyl (C=O) groups excluding carboxylic acids is 1. The van der Waals surface area contributed by atoms with Crippen LogP contribution < -0.4 is 0 Å². The number of aromatic nitrogens is 2. The van der Waals surface area contributed by atoms with Gasteiger partial charge >= 0.3 is 0 Å². The number of likely N-dealkylation sites (tertiary alicyclic amines) is 2. The largest absolute Gasteiger partial charge is 0.338 e. The van der Waals surface area contributed by atoms with E-state index in [0.29, 0.717) is 17.1 Å². The number of rotatable bonds is 4. The lowest BCUT2D eigenvalue weighted by molar-refractivity contribution is -0.170. The SMILES string of the molecule is CC[C@H](C)N1C[C@@]2(CCCN(Cc3cnc(Cl)cn3)C2)C1=O. The van der Waals surface area contributed by atoms with Crippen molar-refractivity contribution in [2.24, 2.45) is 5.41 Å². The summed E-state index contributed by atoms with van der Waals surface area (Å²) in [6, 6.07) is 0.357. The van der Waals surface area contributed by atoms with Crippen LogP contribution in [0.4, 0.5) is 0 Å². The summed E-state index contributed by atoms with van der Waals surface area (Å²) in [6.45, 7) is 7.77. The van der Waals surface area contributed by atoms with Gasteiger partial charge in [-0.15, -0.1) is 0 Å². The minimum Gasteiger partial charge on any atom is -0.338 e. The standard InChI is InChI=1S/C16H23ClN4O/c1-3-12(2)21-11-16(15(21)22)5-4-6-20(10-16)9-13-7-19-14(17)8-18-13/h7-8,12H,3-6,9-11H2,1-2H3/t12-,16-/m0/s1. The Hall–Kier alpha value is -1.20. The second-order valence-corrected chi connectivity index (χ2v) is 7.00. The van der Waals surface area contributed by atoms with Crippen molar-refractivity contribution >= 4 is 17.5 Å². The maximum Gasteiger partial charge on any atom is 0.232 e. The van der Waals surface area contributed by atoms with Gasteiger partial charge in [-0.2, -0.15) is 0 Å². The second-order valence-electron chi connectivity index (χ2n) is 6.62. The fourth-order valence-electron chi connectivity index (χ4n) is 3.57. The van der Waals surface area contributed by atoms with Crippen molar-refractivity contribution in [3.8, 4) is 0 Å². The van der Waals surface area contributed by atoms with Gasteiger partial charge in [-0.05, 0) is 32.7 Å². The number of nitrogens with zero attached hydrogens (tertiary/aromatic N) is 4. The fourth-order valence-corrected chi connectivity index (χ4v) is 3.67. The van der Waals surface area contributed by atoms with Gasteiger partial charge in [0.05, 0.1) is 23.5 Å². The number of β-lactam (4-membered cyclic amide) rings is 1. The summed E-state index contributed by atoms with van der Waals surface area (Å²) in [5, 5.41) is 0.414. The van der Waals surface area contributed by atoms with E-state index in [1.165, 1.54) is 0 Å². The van der Waals surface area contributed by atoms with Crippen molar-refractivity contribution in [3.05, 3.63) is 23.2 Å². The normalized spacial score (nSPS) is 27.0. The average molecular weight is 323 g/mol. The number of halogens is 1. The zero-order valence-electron chi connectivity index (χ0n) is 13.3. The second kappa shape index (κ2) is 6.13. The monoisotopic (exact) mass is 322 g/mol. The van der Waals surface area contributed by atoms with E-state index in [4.69, 9.17) is 11.6 Å². The van der Waals surface area contributed by atoms with E-state index >= 15 is 0 Å². The third kappa shape index (κ3) is 2.84. The molecule has 2 aliphatic rings. The zero-order chi connectivity index (χ0) is 15.7. The molecule has 2 saturated heterocycles. The molecule has 1 spiro atoms. The Morgan fingerprint density at radius 1 is 1.36 bits per heavy atom. The summed E-state index contributed by atoms with van der Waals surface area (Å²) in [5.41, 5.74) is 0.758. The molecule has 1 aromatic rings. The Bertz CT molecular complexity index is 550. The van der Waals surface area contributed by atoms with E-state index in [-0.39, 0.29) is 5.41 Å². The topological polar surface area (TPSA) is 49.3 Å². The van der Waals surface area contributed by atoms with Crippen molar-refractivity contribution in [2.45, 2.75) is 45.7 Å². The third-order valence-electron chi connectivity index (χ3n) is 5.03. The molecule has 0 aromatic carbocycles. The van der Waals surface area contributed by atoms with E-state index in [2.05, 4.69) is 28.7 Å². The first-order valence-corrected chi connectivity index (χ1v) is 8.42. The fraction of sp³-hybridized carbons (Fsp3) is 0.688. The Morgan fingerprint density at radius 3 is 2.82 bits per heavy atom. The first kappa shape index (κ1) is 15.7. The summed E-state index contributed by atoms with van der Waals surface area (Å²) in [6.07, 6.45) is 6.40. The van der Waals surface area contributed by atoms with Crippen molar-refractivity contribution in [3.63, 3.8) is 0 Å². The molecule has 1 aromatic heterocycles. The minimum atomic E-state index is -0.151. The van der Waals surface area contributed by atoms with Gasteiger partial charge in [0.2, 0.25) is 5.91 Å². The molecule has 0 radical (unpaired) electrons. The average Bonchev–Trinajstić information content (AvgIpc) is 2.54. The molecule has 0 bridgehead atoms. The van der Waals surface area contributed by atoms with Gasteiger partial charge in [-0.25, -0.2) is 4.98 Å². The highest BCUT2D eigenvalue weighted by molar-refractivity contribution is 6.29. The lowest BCUT2D eigenvalue weighted by Crippen LogP contribution is -2.68. The Morgan fingerprint density at radius 2 is 2.18 bits per heavy atom. The van der Waals surface area contributed by atoms with Gasteiger partial charge < -0.3 is 4.90 Å². The van der Waals surface area contributed by atoms with E-state index < -0.39 is 0 Å². The molecule has 3 rings (SSSR count). The molecule has 1 amide bonds. The summed E-state index contributed by atoms with van der Waals surface area (Å²) >= 11 is 5.77. The molecule has 120 valence electrons. The highest BCUT2D eigenvalue weighted by atomic mass is 35.5. The van der Waals surface area contributed by atoms with E-state index in [1.54, 1.807) is 12.4 Å². The lowest BCUT2D eigenvalue weighted by Gasteiger charge is -2.55. The van der Waals surface area contributed by atoms with Crippen LogP contribution in [0.5, 0.6) is 0 Å². The molecule has 6 heteroatoms. The molecular weight excluding hydrogens is 300 g/mol. The van der Waals surface area contributed by atoms with Crippen molar-refractivity contribution in [1.82, 2.24) is 19.8 Å². The van der Waals surface area contributed by atoms with Crippen LogP contribution in [0.2, 0.25) is 5.15 Å². The lowest BCUT2D eigenvalue weighted by atomic mass is 9.71. The smallest absolute Gasteiger partial charge is 0.232 e. The molecule has 0 unspecified atom stereocenters. The van der Waals surface area contributed by atoms with Crippen LogP contribution in [0, 0.1) is 5.41 Å². The Kier molecular flexibility index (Phi) is 4.37.